The van der Waals surface area contributed by atoms with Crippen LogP contribution in [0.25, 0.3) is 5.65 Å². The Bertz CT molecular complexity index is 571. The lowest BCUT2D eigenvalue weighted by Gasteiger charge is -2.16. The summed E-state index contributed by atoms with van der Waals surface area (Å²) in [6, 6.07) is 0. The second-order valence-corrected chi connectivity index (χ2v) is 4.84. The molecule has 0 N–H and O–H groups in total. The van der Waals surface area contributed by atoms with Gasteiger partial charge in [-0.2, -0.15) is 5.10 Å². The van der Waals surface area contributed by atoms with Gasteiger partial charge in [-0.05, 0) is 39.5 Å². The SMILES string of the molecule is Cc1nn2c(Cl)c3c(nc2c1C)CCCC3. The fourth-order valence-corrected chi connectivity index (χ4v) is 2.67. The topological polar surface area (TPSA) is 30.2 Å². The third kappa shape index (κ3) is 1.27. The molecule has 16 heavy (non-hydrogen) atoms. The highest BCUT2D eigenvalue weighted by Gasteiger charge is 2.19. The molecule has 0 spiro atoms. The minimum absolute atomic E-state index is 0.760. The fourth-order valence-electron chi connectivity index (χ4n) is 2.35. The van der Waals surface area contributed by atoms with Gasteiger partial charge in [0.05, 0.1) is 5.69 Å². The number of hydrogen-bond acceptors (Lipinski definition) is 2. The predicted molar refractivity (Wildman–Crippen MR) is 64.1 cm³/mol. The molecule has 4 heteroatoms. The number of fused-ring (bicyclic) bond motifs is 2. The van der Waals surface area contributed by atoms with Crippen molar-refractivity contribution in [2.45, 2.75) is 39.5 Å². The Hall–Kier alpha value is -1.09. The Morgan fingerprint density at radius 3 is 2.75 bits per heavy atom. The minimum atomic E-state index is 0.760. The van der Waals surface area contributed by atoms with Crippen LogP contribution >= 0.6 is 11.6 Å². The third-order valence-corrected chi connectivity index (χ3v) is 3.83. The zero-order valence-electron chi connectivity index (χ0n) is 9.55. The van der Waals surface area contributed by atoms with Gasteiger partial charge in [-0.1, -0.05) is 11.6 Å². The first-order valence-electron chi connectivity index (χ1n) is 5.71. The van der Waals surface area contributed by atoms with Crippen molar-refractivity contribution in [2.24, 2.45) is 0 Å². The van der Waals surface area contributed by atoms with Crippen LogP contribution in [-0.4, -0.2) is 14.6 Å². The van der Waals surface area contributed by atoms with Crippen LogP contribution in [0.1, 0.15) is 35.4 Å². The first-order chi connectivity index (χ1) is 7.68. The van der Waals surface area contributed by atoms with E-state index in [1.807, 2.05) is 6.92 Å². The van der Waals surface area contributed by atoms with E-state index in [9.17, 15) is 0 Å². The summed E-state index contributed by atoms with van der Waals surface area (Å²) in [6.45, 7) is 4.05. The molecular formula is C12H14ClN3. The van der Waals surface area contributed by atoms with E-state index in [-0.39, 0.29) is 0 Å². The molecule has 0 bridgehead atoms. The van der Waals surface area contributed by atoms with Crippen molar-refractivity contribution in [2.75, 3.05) is 0 Å². The van der Waals surface area contributed by atoms with E-state index in [0.29, 0.717) is 0 Å². The van der Waals surface area contributed by atoms with Crippen LogP contribution in [0.5, 0.6) is 0 Å². The Balaban J connectivity index is 2.39. The molecule has 0 saturated carbocycles. The van der Waals surface area contributed by atoms with E-state index in [2.05, 4.69) is 12.0 Å². The molecule has 2 aromatic rings. The summed E-state index contributed by atoms with van der Waals surface area (Å²) in [7, 11) is 0. The number of hydrogen-bond donors (Lipinski definition) is 0. The van der Waals surface area contributed by atoms with E-state index in [1.54, 1.807) is 4.52 Å². The molecule has 1 aliphatic rings. The van der Waals surface area contributed by atoms with Crippen molar-refractivity contribution in [1.29, 1.82) is 0 Å². The van der Waals surface area contributed by atoms with Gasteiger partial charge in [-0.3, -0.25) is 0 Å². The van der Waals surface area contributed by atoms with Crippen LogP contribution < -0.4 is 0 Å². The molecule has 2 heterocycles. The van der Waals surface area contributed by atoms with Crippen LogP contribution in [0, 0.1) is 13.8 Å². The summed E-state index contributed by atoms with van der Waals surface area (Å²) in [5, 5.41) is 5.20. The summed E-state index contributed by atoms with van der Waals surface area (Å²) in [5.74, 6) is 0. The largest absolute Gasteiger partial charge is 0.233 e. The van der Waals surface area contributed by atoms with Crippen molar-refractivity contribution in [3.8, 4) is 0 Å². The zero-order chi connectivity index (χ0) is 11.3. The Morgan fingerprint density at radius 2 is 1.94 bits per heavy atom. The highest BCUT2D eigenvalue weighted by Crippen LogP contribution is 2.28. The quantitative estimate of drug-likeness (QED) is 0.658. The van der Waals surface area contributed by atoms with E-state index >= 15 is 0 Å². The lowest BCUT2D eigenvalue weighted by molar-refractivity contribution is 0.659. The average Bonchev–Trinajstić information content (AvgIpc) is 2.58. The Kier molecular flexibility index (Phi) is 2.18. The maximum atomic E-state index is 6.41. The van der Waals surface area contributed by atoms with Gasteiger partial charge in [0, 0.05) is 16.8 Å². The predicted octanol–water partition coefficient (Wildman–Crippen LogP) is 2.88. The van der Waals surface area contributed by atoms with Crippen LogP contribution in [0.4, 0.5) is 0 Å². The van der Waals surface area contributed by atoms with Gasteiger partial charge in [-0.15, -0.1) is 0 Å². The summed E-state index contributed by atoms with van der Waals surface area (Å²) < 4.78 is 1.79. The van der Waals surface area contributed by atoms with Crippen molar-refractivity contribution in [3.63, 3.8) is 0 Å². The van der Waals surface area contributed by atoms with Crippen LogP contribution in [0.3, 0.4) is 0 Å². The van der Waals surface area contributed by atoms with Crippen molar-refractivity contribution < 1.29 is 0 Å². The molecule has 2 aromatic heterocycles. The van der Waals surface area contributed by atoms with E-state index in [0.717, 1.165) is 34.9 Å². The molecule has 0 atom stereocenters. The van der Waals surface area contributed by atoms with E-state index in [1.165, 1.54) is 24.1 Å². The smallest absolute Gasteiger partial charge is 0.160 e. The maximum Gasteiger partial charge on any atom is 0.160 e. The first-order valence-corrected chi connectivity index (χ1v) is 6.09. The molecule has 3 nitrogen and oxygen atoms in total. The van der Waals surface area contributed by atoms with Crippen LogP contribution in [0.15, 0.2) is 0 Å². The maximum absolute atomic E-state index is 6.41. The Labute approximate surface area is 99.4 Å². The summed E-state index contributed by atoms with van der Waals surface area (Å²) >= 11 is 6.41. The van der Waals surface area contributed by atoms with Crippen molar-refractivity contribution in [3.05, 3.63) is 27.7 Å². The monoisotopic (exact) mass is 235 g/mol. The molecule has 0 saturated heterocycles. The van der Waals surface area contributed by atoms with Gasteiger partial charge in [0.25, 0.3) is 0 Å². The van der Waals surface area contributed by atoms with Gasteiger partial charge < -0.3 is 0 Å². The molecule has 0 aliphatic heterocycles. The third-order valence-electron chi connectivity index (χ3n) is 3.44. The Morgan fingerprint density at radius 1 is 1.19 bits per heavy atom. The van der Waals surface area contributed by atoms with Gasteiger partial charge in [0.2, 0.25) is 0 Å². The number of halogens is 1. The lowest BCUT2D eigenvalue weighted by atomic mass is 9.97. The minimum Gasteiger partial charge on any atom is -0.233 e. The molecule has 1 aliphatic carbocycles. The molecule has 3 rings (SSSR count). The van der Waals surface area contributed by atoms with Crippen LogP contribution in [0.2, 0.25) is 5.15 Å². The zero-order valence-corrected chi connectivity index (χ0v) is 10.3. The number of aromatic nitrogens is 3. The second-order valence-electron chi connectivity index (χ2n) is 4.48. The summed E-state index contributed by atoms with van der Waals surface area (Å²) in [6.07, 6.45) is 4.52. The highest BCUT2D eigenvalue weighted by atomic mass is 35.5. The fraction of sp³-hybridized carbons (Fsp3) is 0.500. The van der Waals surface area contributed by atoms with E-state index in [4.69, 9.17) is 16.6 Å². The average molecular weight is 236 g/mol. The summed E-state index contributed by atoms with van der Waals surface area (Å²) in [4.78, 5) is 4.71. The summed E-state index contributed by atoms with van der Waals surface area (Å²) in [5.41, 5.74) is 5.44. The molecule has 0 unspecified atom stereocenters. The molecule has 0 fully saturated rings. The molecule has 0 radical (unpaired) electrons. The van der Waals surface area contributed by atoms with Gasteiger partial charge in [0.1, 0.15) is 5.15 Å². The number of nitrogens with zero attached hydrogens (tertiary/aromatic N) is 3. The molecule has 0 amide bonds. The molecular weight excluding hydrogens is 222 g/mol. The van der Waals surface area contributed by atoms with Crippen LogP contribution in [-0.2, 0) is 12.8 Å². The number of rotatable bonds is 0. The van der Waals surface area contributed by atoms with Crippen molar-refractivity contribution in [1.82, 2.24) is 14.6 Å². The van der Waals surface area contributed by atoms with E-state index < -0.39 is 0 Å². The standard InChI is InChI=1S/C12H14ClN3/c1-7-8(2)15-16-11(13)9-5-3-4-6-10(9)14-12(7)16/h3-6H2,1-2H3. The normalized spacial score (nSPS) is 15.4. The first kappa shape index (κ1) is 10.1. The van der Waals surface area contributed by atoms with Gasteiger partial charge in [0.15, 0.2) is 5.65 Å². The van der Waals surface area contributed by atoms with Gasteiger partial charge in [-0.25, -0.2) is 9.50 Å². The molecule has 84 valence electrons. The highest BCUT2D eigenvalue weighted by molar-refractivity contribution is 6.30. The second kappa shape index (κ2) is 3.45. The number of aryl methyl sites for hydroxylation is 3. The lowest BCUT2D eigenvalue weighted by Crippen LogP contribution is -2.10. The molecule has 0 aromatic carbocycles. The van der Waals surface area contributed by atoms with Crippen molar-refractivity contribution >= 4 is 17.2 Å². The van der Waals surface area contributed by atoms with Gasteiger partial charge >= 0.3 is 0 Å².